The lowest BCUT2D eigenvalue weighted by atomic mass is 9.94. The van der Waals surface area contributed by atoms with Crippen LogP contribution in [0.15, 0.2) is 66.1 Å². The number of amides is 2. The van der Waals surface area contributed by atoms with Gasteiger partial charge in [0.25, 0.3) is 5.91 Å². The third-order valence-corrected chi connectivity index (χ3v) is 8.50. The summed E-state index contributed by atoms with van der Waals surface area (Å²) < 4.78 is 38.9. The van der Waals surface area contributed by atoms with Gasteiger partial charge in [0.15, 0.2) is 0 Å². The first-order chi connectivity index (χ1) is 17.3. The number of hydrogen-bond acceptors (Lipinski definition) is 6. The summed E-state index contributed by atoms with van der Waals surface area (Å²) in [6, 6.07) is 13.6. The molecule has 3 unspecified atom stereocenters. The summed E-state index contributed by atoms with van der Waals surface area (Å²) in [5.41, 5.74) is 1.46. The number of carbonyl (C=O) groups excluding carboxylic acids is 2. The van der Waals surface area contributed by atoms with Gasteiger partial charge in [-0.2, -0.15) is 4.31 Å². The monoisotopic (exact) mass is 513 g/mol. The molecule has 2 amide bonds. The summed E-state index contributed by atoms with van der Waals surface area (Å²) >= 11 is 0. The highest BCUT2D eigenvalue weighted by Gasteiger charge is 2.42. The quantitative estimate of drug-likeness (QED) is 0.497. The molecule has 2 aliphatic heterocycles. The second-order valence-corrected chi connectivity index (χ2v) is 10.8. The number of carbonyl (C=O) groups is 2. The molecule has 10 heteroatoms. The molecular weight excluding hydrogens is 482 g/mol. The molecular formula is C26H31N3O6S. The van der Waals surface area contributed by atoms with Crippen LogP contribution in [-0.2, 0) is 26.0 Å². The van der Waals surface area contributed by atoms with Crippen LogP contribution in [0.2, 0.25) is 0 Å². The van der Waals surface area contributed by atoms with Crippen molar-refractivity contribution in [1.29, 1.82) is 0 Å². The molecule has 2 aromatic carbocycles. The standard InChI is InChI=1S/C26H31N3O6S/c1-3-24(30)28-25-16-20-13-15-29(17-23(20)35-25)36(32,33)22-10-6-19(7-11-22)26(31)27-14-12-18-4-8-21(34-2)9-5-18/h3-11,20,23,25H,1,12-17H2,2H3,(H,27,31)(H,28,30). The minimum Gasteiger partial charge on any atom is -0.497 e. The van der Waals surface area contributed by atoms with Crippen LogP contribution in [0, 0.1) is 5.92 Å². The second-order valence-electron chi connectivity index (χ2n) is 8.90. The fourth-order valence-corrected chi connectivity index (χ4v) is 6.04. The van der Waals surface area contributed by atoms with Gasteiger partial charge in [-0.05, 0) is 73.2 Å². The maximum atomic E-state index is 13.2. The molecule has 0 aromatic heterocycles. The Morgan fingerprint density at radius 1 is 1.17 bits per heavy atom. The Morgan fingerprint density at radius 3 is 2.56 bits per heavy atom. The number of nitrogens with zero attached hydrogens (tertiary/aromatic N) is 1. The zero-order valence-electron chi connectivity index (χ0n) is 20.2. The number of benzene rings is 2. The minimum atomic E-state index is -3.74. The molecule has 9 nitrogen and oxygen atoms in total. The summed E-state index contributed by atoms with van der Waals surface area (Å²) in [7, 11) is -2.13. The number of hydrogen-bond donors (Lipinski definition) is 2. The predicted octanol–water partition coefficient (Wildman–Crippen LogP) is 2.10. The Bertz CT molecular complexity index is 1200. The summed E-state index contributed by atoms with van der Waals surface area (Å²) in [4.78, 5) is 24.2. The Balaban J connectivity index is 1.31. The van der Waals surface area contributed by atoms with Gasteiger partial charge in [-0.15, -0.1) is 0 Å². The molecule has 2 aromatic rings. The van der Waals surface area contributed by atoms with Crippen LogP contribution in [0.25, 0.3) is 0 Å². The lowest BCUT2D eigenvalue weighted by molar-refractivity contribution is -0.120. The predicted molar refractivity (Wildman–Crippen MR) is 134 cm³/mol. The van der Waals surface area contributed by atoms with Crippen LogP contribution in [0.1, 0.15) is 28.8 Å². The topological polar surface area (TPSA) is 114 Å². The van der Waals surface area contributed by atoms with E-state index in [0.717, 1.165) is 11.3 Å². The number of nitrogens with one attached hydrogen (secondary N) is 2. The number of ether oxygens (including phenoxy) is 2. The fourth-order valence-electron chi connectivity index (χ4n) is 4.57. The minimum absolute atomic E-state index is 0.130. The molecule has 4 rings (SSSR count). The normalized spacial score (nSPS) is 21.9. The van der Waals surface area contributed by atoms with Gasteiger partial charge in [0.05, 0.1) is 18.1 Å². The van der Waals surface area contributed by atoms with Crippen molar-refractivity contribution >= 4 is 21.8 Å². The Morgan fingerprint density at radius 2 is 1.89 bits per heavy atom. The van der Waals surface area contributed by atoms with E-state index < -0.39 is 16.3 Å². The van der Waals surface area contributed by atoms with E-state index in [2.05, 4.69) is 17.2 Å². The average Bonchev–Trinajstić information content (AvgIpc) is 3.30. The number of fused-ring (bicyclic) bond motifs is 1. The SMILES string of the molecule is C=CC(=O)NC1CC2CCN(S(=O)(=O)c3ccc(C(=O)NCCc4ccc(OC)cc4)cc3)CC2O1. The molecule has 2 fully saturated rings. The van der Waals surface area contributed by atoms with Crippen molar-refractivity contribution < 1.29 is 27.5 Å². The number of piperidine rings is 1. The first kappa shape index (κ1) is 25.9. The number of sulfonamides is 1. The lowest BCUT2D eigenvalue weighted by Gasteiger charge is -2.33. The molecule has 0 spiro atoms. The third kappa shape index (κ3) is 5.95. The molecule has 36 heavy (non-hydrogen) atoms. The molecule has 192 valence electrons. The van der Waals surface area contributed by atoms with Gasteiger partial charge < -0.3 is 20.1 Å². The van der Waals surface area contributed by atoms with Gasteiger partial charge in [-0.25, -0.2) is 8.42 Å². The molecule has 2 N–H and O–H groups in total. The third-order valence-electron chi connectivity index (χ3n) is 6.62. The first-order valence-electron chi connectivity index (χ1n) is 11.9. The van der Waals surface area contributed by atoms with Crippen LogP contribution < -0.4 is 15.4 Å². The summed E-state index contributed by atoms with van der Waals surface area (Å²) in [5.74, 6) is 0.392. The number of methoxy groups -OCH3 is 1. The Kier molecular flexibility index (Phi) is 8.07. The van der Waals surface area contributed by atoms with Gasteiger partial charge in [0.1, 0.15) is 12.0 Å². The summed E-state index contributed by atoms with van der Waals surface area (Å²) in [6.45, 7) is 4.49. The average molecular weight is 514 g/mol. The van der Waals surface area contributed by atoms with Gasteiger partial charge in [-0.1, -0.05) is 18.7 Å². The number of rotatable bonds is 9. The smallest absolute Gasteiger partial charge is 0.251 e. The van der Waals surface area contributed by atoms with Crippen molar-refractivity contribution in [1.82, 2.24) is 14.9 Å². The Hall–Kier alpha value is -3.21. The maximum Gasteiger partial charge on any atom is 0.251 e. The van der Waals surface area contributed by atoms with Crippen LogP contribution in [0.4, 0.5) is 0 Å². The van der Waals surface area contributed by atoms with E-state index in [-0.39, 0.29) is 35.3 Å². The summed E-state index contributed by atoms with van der Waals surface area (Å²) in [6.07, 6.45) is 2.45. The van der Waals surface area contributed by atoms with Crippen LogP contribution in [0.5, 0.6) is 5.75 Å². The molecule has 3 atom stereocenters. The van der Waals surface area contributed by atoms with Crippen molar-refractivity contribution in [2.24, 2.45) is 5.92 Å². The van der Waals surface area contributed by atoms with Crippen LogP contribution >= 0.6 is 0 Å². The highest BCUT2D eigenvalue weighted by atomic mass is 32.2. The van der Waals surface area contributed by atoms with Crippen molar-refractivity contribution in [3.63, 3.8) is 0 Å². The van der Waals surface area contributed by atoms with E-state index >= 15 is 0 Å². The molecule has 2 saturated heterocycles. The summed E-state index contributed by atoms with van der Waals surface area (Å²) in [5, 5.41) is 5.59. The van der Waals surface area contributed by atoms with E-state index in [1.54, 1.807) is 7.11 Å². The van der Waals surface area contributed by atoms with E-state index in [0.29, 0.717) is 37.9 Å². The van der Waals surface area contributed by atoms with Crippen LogP contribution in [-0.4, -0.2) is 63.6 Å². The van der Waals surface area contributed by atoms with Crippen molar-refractivity contribution in [3.8, 4) is 5.75 Å². The molecule has 0 aliphatic carbocycles. The molecule has 2 heterocycles. The van der Waals surface area contributed by atoms with Crippen molar-refractivity contribution in [3.05, 3.63) is 72.3 Å². The largest absolute Gasteiger partial charge is 0.497 e. The van der Waals surface area contributed by atoms with E-state index in [1.807, 2.05) is 24.3 Å². The highest BCUT2D eigenvalue weighted by molar-refractivity contribution is 7.89. The van der Waals surface area contributed by atoms with Gasteiger partial charge in [0.2, 0.25) is 15.9 Å². The van der Waals surface area contributed by atoms with E-state index in [9.17, 15) is 18.0 Å². The van der Waals surface area contributed by atoms with Gasteiger partial charge >= 0.3 is 0 Å². The molecule has 0 radical (unpaired) electrons. The first-order valence-corrected chi connectivity index (χ1v) is 13.3. The zero-order chi connectivity index (χ0) is 25.7. The van der Waals surface area contributed by atoms with E-state index in [4.69, 9.17) is 9.47 Å². The molecule has 0 saturated carbocycles. The zero-order valence-corrected chi connectivity index (χ0v) is 21.0. The van der Waals surface area contributed by atoms with Crippen molar-refractivity contribution in [2.45, 2.75) is 36.5 Å². The highest BCUT2D eigenvalue weighted by Crippen LogP contribution is 2.34. The lowest BCUT2D eigenvalue weighted by Crippen LogP contribution is -2.45. The molecule has 2 aliphatic rings. The maximum absolute atomic E-state index is 13.2. The van der Waals surface area contributed by atoms with Gasteiger partial charge in [0, 0.05) is 25.2 Å². The fraction of sp³-hybridized carbons (Fsp3) is 0.385. The van der Waals surface area contributed by atoms with Gasteiger partial charge in [-0.3, -0.25) is 9.59 Å². The van der Waals surface area contributed by atoms with Crippen LogP contribution in [0.3, 0.4) is 0 Å². The van der Waals surface area contributed by atoms with Crippen molar-refractivity contribution in [2.75, 3.05) is 26.7 Å². The molecule has 0 bridgehead atoms. The second kappa shape index (κ2) is 11.2. The Labute approximate surface area is 211 Å². The van der Waals surface area contributed by atoms with E-state index in [1.165, 1.54) is 34.6 Å².